The summed E-state index contributed by atoms with van der Waals surface area (Å²) in [4.78, 5) is 29.9. The molecule has 4 rings (SSSR count). The molecule has 23 heavy (non-hydrogen) atoms. The van der Waals surface area contributed by atoms with E-state index in [-0.39, 0.29) is 23.8 Å². The van der Waals surface area contributed by atoms with Gasteiger partial charge in [0.1, 0.15) is 5.78 Å². The Morgan fingerprint density at radius 3 is 2.22 bits per heavy atom. The molecule has 2 saturated heterocycles. The van der Waals surface area contributed by atoms with Gasteiger partial charge < -0.3 is 0 Å². The van der Waals surface area contributed by atoms with Crippen molar-refractivity contribution in [1.82, 2.24) is 9.80 Å². The van der Waals surface area contributed by atoms with Gasteiger partial charge in [-0.15, -0.1) is 0 Å². The number of likely N-dealkylation sites (tertiary alicyclic amines) is 2. The first-order valence-electron chi connectivity index (χ1n) is 9.19. The van der Waals surface area contributed by atoms with Crippen LogP contribution in [-0.4, -0.2) is 60.6 Å². The standard InChI is InChI=1S/C19H30N2O2/c1-10(22)16-11-6-7-12(13(11)8-20(16)4)18(23)17-15-14(9-21(17)5)19(15,2)3/h11-17H,6-9H2,1-5H3/t11-,12+,13-,14+,15+,16+,17-/m0/s1. The predicted molar refractivity (Wildman–Crippen MR) is 89.0 cm³/mol. The van der Waals surface area contributed by atoms with Crippen LogP contribution in [0.2, 0.25) is 0 Å². The highest BCUT2D eigenvalue weighted by atomic mass is 16.1. The molecule has 0 bridgehead atoms. The van der Waals surface area contributed by atoms with Gasteiger partial charge in [-0.2, -0.15) is 0 Å². The third-order valence-electron chi connectivity index (χ3n) is 7.77. The summed E-state index contributed by atoms with van der Waals surface area (Å²) >= 11 is 0. The molecule has 0 aromatic heterocycles. The fourth-order valence-electron chi connectivity index (χ4n) is 6.56. The Morgan fingerprint density at radius 1 is 0.957 bits per heavy atom. The lowest BCUT2D eigenvalue weighted by atomic mass is 9.82. The molecule has 2 aliphatic heterocycles. The van der Waals surface area contributed by atoms with Gasteiger partial charge in [-0.1, -0.05) is 13.8 Å². The quantitative estimate of drug-likeness (QED) is 0.794. The molecular formula is C19H30N2O2. The van der Waals surface area contributed by atoms with E-state index in [9.17, 15) is 9.59 Å². The normalized spacial score (nSPS) is 48.3. The molecule has 128 valence electrons. The van der Waals surface area contributed by atoms with Crippen molar-refractivity contribution in [3.63, 3.8) is 0 Å². The van der Waals surface area contributed by atoms with Crippen molar-refractivity contribution in [2.75, 3.05) is 27.2 Å². The number of nitrogens with zero attached hydrogens (tertiary/aromatic N) is 2. The second-order valence-corrected chi connectivity index (χ2v) is 9.25. The number of rotatable bonds is 3. The average Bonchev–Trinajstić information content (AvgIpc) is 2.87. The maximum atomic E-state index is 13.4. The van der Waals surface area contributed by atoms with Gasteiger partial charge >= 0.3 is 0 Å². The summed E-state index contributed by atoms with van der Waals surface area (Å²) in [6.45, 7) is 8.34. The Balaban J connectivity index is 1.54. The molecule has 0 aromatic rings. The molecule has 0 unspecified atom stereocenters. The van der Waals surface area contributed by atoms with Crippen LogP contribution in [0.5, 0.6) is 0 Å². The van der Waals surface area contributed by atoms with E-state index in [2.05, 4.69) is 30.7 Å². The van der Waals surface area contributed by atoms with Gasteiger partial charge in [0.05, 0.1) is 12.1 Å². The van der Waals surface area contributed by atoms with E-state index < -0.39 is 0 Å². The van der Waals surface area contributed by atoms with Gasteiger partial charge in [0.2, 0.25) is 0 Å². The number of fused-ring (bicyclic) bond motifs is 2. The first-order valence-corrected chi connectivity index (χ1v) is 9.19. The van der Waals surface area contributed by atoms with Crippen molar-refractivity contribution in [1.29, 1.82) is 0 Å². The summed E-state index contributed by atoms with van der Waals surface area (Å²) in [7, 11) is 4.17. The lowest BCUT2D eigenvalue weighted by Crippen LogP contribution is -2.43. The van der Waals surface area contributed by atoms with E-state index in [0.717, 1.165) is 25.9 Å². The summed E-state index contributed by atoms with van der Waals surface area (Å²) in [5.41, 5.74) is 0.346. The van der Waals surface area contributed by atoms with E-state index in [1.807, 2.05) is 7.05 Å². The Labute approximate surface area is 139 Å². The molecule has 0 spiro atoms. The van der Waals surface area contributed by atoms with Crippen LogP contribution in [0.4, 0.5) is 0 Å². The lowest BCUT2D eigenvalue weighted by molar-refractivity contribution is -0.129. The number of ketones is 2. The minimum Gasteiger partial charge on any atom is -0.298 e. The van der Waals surface area contributed by atoms with Gasteiger partial charge in [0.15, 0.2) is 5.78 Å². The predicted octanol–water partition coefficient (Wildman–Crippen LogP) is 1.69. The maximum absolute atomic E-state index is 13.4. The van der Waals surface area contributed by atoms with Gasteiger partial charge in [-0.05, 0) is 62.9 Å². The zero-order chi connectivity index (χ0) is 16.7. The average molecular weight is 318 g/mol. The second kappa shape index (κ2) is 4.89. The zero-order valence-corrected chi connectivity index (χ0v) is 15.1. The largest absolute Gasteiger partial charge is 0.298 e. The molecule has 2 saturated carbocycles. The summed E-state index contributed by atoms with van der Waals surface area (Å²) in [6, 6.07) is 0.171. The maximum Gasteiger partial charge on any atom is 0.153 e. The van der Waals surface area contributed by atoms with Crippen LogP contribution in [0.25, 0.3) is 0 Å². The molecule has 4 nitrogen and oxygen atoms in total. The molecular weight excluding hydrogens is 288 g/mol. The minimum absolute atomic E-state index is 0.0456. The number of hydrogen-bond donors (Lipinski definition) is 0. The van der Waals surface area contributed by atoms with Crippen molar-refractivity contribution >= 4 is 11.6 Å². The van der Waals surface area contributed by atoms with E-state index in [1.165, 1.54) is 0 Å². The molecule has 4 heteroatoms. The number of piperidine rings is 1. The Bertz CT molecular complexity index is 558. The monoisotopic (exact) mass is 318 g/mol. The number of carbonyl (C=O) groups is 2. The summed E-state index contributed by atoms with van der Waals surface area (Å²) < 4.78 is 0. The van der Waals surface area contributed by atoms with Crippen LogP contribution < -0.4 is 0 Å². The second-order valence-electron chi connectivity index (χ2n) is 9.25. The first-order chi connectivity index (χ1) is 10.7. The minimum atomic E-state index is 0.0456. The van der Waals surface area contributed by atoms with Crippen LogP contribution in [0.15, 0.2) is 0 Å². The molecule has 0 amide bonds. The highest BCUT2D eigenvalue weighted by Gasteiger charge is 2.68. The molecule has 4 fully saturated rings. The molecule has 2 aliphatic carbocycles. The number of carbonyl (C=O) groups excluding carboxylic acids is 2. The van der Waals surface area contributed by atoms with E-state index in [1.54, 1.807) is 6.92 Å². The smallest absolute Gasteiger partial charge is 0.153 e. The van der Waals surface area contributed by atoms with Crippen molar-refractivity contribution in [2.24, 2.45) is 35.0 Å². The Kier molecular flexibility index (Phi) is 3.35. The third kappa shape index (κ3) is 2.03. The highest BCUT2D eigenvalue weighted by Crippen LogP contribution is 2.65. The highest BCUT2D eigenvalue weighted by molar-refractivity contribution is 5.89. The molecule has 0 aromatic carbocycles. The molecule has 0 radical (unpaired) electrons. The Hall–Kier alpha value is -0.740. The fraction of sp³-hybridized carbons (Fsp3) is 0.895. The zero-order valence-electron chi connectivity index (χ0n) is 15.1. The summed E-state index contributed by atoms with van der Waals surface area (Å²) in [5, 5.41) is 0. The van der Waals surface area contributed by atoms with Gasteiger partial charge in [-0.25, -0.2) is 0 Å². The topological polar surface area (TPSA) is 40.6 Å². The summed E-state index contributed by atoms with van der Waals surface area (Å²) in [6.07, 6.45) is 2.04. The van der Waals surface area contributed by atoms with Crippen molar-refractivity contribution in [3.05, 3.63) is 0 Å². The van der Waals surface area contributed by atoms with Crippen molar-refractivity contribution < 1.29 is 9.59 Å². The first kappa shape index (κ1) is 15.8. The molecule has 2 heterocycles. The van der Waals surface area contributed by atoms with Gasteiger partial charge in [0.25, 0.3) is 0 Å². The van der Waals surface area contributed by atoms with Crippen molar-refractivity contribution in [3.8, 4) is 0 Å². The van der Waals surface area contributed by atoms with E-state index >= 15 is 0 Å². The lowest BCUT2D eigenvalue weighted by Gasteiger charge is -2.30. The van der Waals surface area contributed by atoms with Gasteiger partial charge in [0, 0.05) is 19.0 Å². The summed E-state index contributed by atoms with van der Waals surface area (Å²) in [5.74, 6) is 2.99. The van der Waals surface area contributed by atoms with Gasteiger partial charge in [-0.3, -0.25) is 19.4 Å². The van der Waals surface area contributed by atoms with Crippen LogP contribution in [0, 0.1) is 35.0 Å². The van der Waals surface area contributed by atoms with Crippen LogP contribution >= 0.6 is 0 Å². The van der Waals surface area contributed by atoms with E-state index in [0.29, 0.717) is 34.9 Å². The van der Waals surface area contributed by atoms with Crippen LogP contribution in [-0.2, 0) is 9.59 Å². The third-order valence-corrected chi connectivity index (χ3v) is 7.77. The number of likely N-dealkylation sites (N-methyl/N-ethyl adjacent to an activating group) is 2. The van der Waals surface area contributed by atoms with Crippen LogP contribution in [0.1, 0.15) is 33.6 Å². The molecule has 4 aliphatic rings. The fourth-order valence-corrected chi connectivity index (χ4v) is 6.56. The van der Waals surface area contributed by atoms with Crippen LogP contribution in [0.3, 0.4) is 0 Å². The number of Topliss-reactive ketones (excluding diaryl/α,β-unsaturated/α-hetero) is 2. The van der Waals surface area contributed by atoms with Crippen molar-refractivity contribution in [2.45, 2.75) is 45.7 Å². The molecule has 7 atom stereocenters. The Morgan fingerprint density at radius 2 is 1.61 bits per heavy atom. The number of hydrogen-bond acceptors (Lipinski definition) is 4. The van der Waals surface area contributed by atoms with E-state index in [4.69, 9.17) is 0 Å². The molecule has 0 N–H and O–H groups in total. The SMILES string of the molecule is CC(=O)[C@@H]1[C@H]2CC[C@@H](C(=O)[C@@H]3[C@H]4[C@@H](CN3C)C4(C)C)[C@H]2CN1C.